The number of hydrogen-bond acceptors (Lipinski definition) is 2. The summed E-state index contributed by atoms with van der Waals surface area (Å²) in [5.74, 6) is 1.07. The quantitative estimate of drug-likeness (QED) is 0.742. The van der Waals surface area contributed by atoms with Crippen molar-refractivity contribution in [2.75, 3.05) is 13.2 Å². The number of aliphatic hydroxyl groups is 1. The predicted octanol–water partition coefficient (Wildman–Crippen LogP) is 2.60. The van der Waals surface area contributed by atoms with Crippen LogP contribution in [0.15, 0.2) is 0 Å². The molecule has 92 valence electrons. The van der Waals surface area contributed by atoms with Crippen LogP contribution >= 0.6 is 0 Å². The highest BCUT2D eigenvalue weighted by Gasteiger charge is 2.70. The molecule has 0 radical (unpaired) electrons. The van der Waals surface area contributed by atoms with E-state index in [0.29, 0.717) is 11.8 Å². The van der Waals surface area contributed by atoms with Crippen LogP contribution in [0.1, 0.15) is 46.5 Å². The third kappa shape index (κ3) is 1.01. The summed E-state index contributed by atoms with van der Waals surface area (Å²) in [6.07, 6.45) is 4.77. The minimum Gasteiger partial charge on any atom is -0.388 e. The number of fused-ring (bicyclic) bond motifs is 2. The normalized spacial score (nSPS) is 54.8. The van der Waals surface area contributed by atoms with Crippen LogP contribution in [0, 0.1) is 22.7 Å². The van der Waals surface area contributed by atoms with Gasteiger partial charge in [-0.05, 0) is 42.4 Å². The van der Waals surface area contributed by atoms with Crippen molar-refractivity contribution in [3.63, 3.8) is 0 Å². The molecule has 4 unspecified atom stereocenters. The van der Waals surface area contributed by atoms with Crippen LogP contribution < -0.4 is 0 Å². The Balaban J connectivity index is 2.03. The standard InChI is InChI=1S/C14H24O2/c1-12(2)10-4-6-13(3,8-10)14(12,15)11-5-7-16-9-11/h10-11,15H,4-9H2,1-3H3. The van der Waals surface area contributed by atoms with E-state index in [9.17, 15) is 5.11 Å². The maximum Gasteiger partial charge on any atom is 0.0805 e. The van der Waals surface area contributed by atoms with Gasteiger partial charge in [-0.25, -0.2) is 0 Å². The molecule has 0 aromatic heterocycles. The molecule has 1 saturated heterocycles. The first-order chi connectivity index (χ1) is 7.42. The summed E-state index contributed by atoms with van der Waals surface area (Å²) in [6, 6.07) is 0. The van der Waals surface area contributed by atoms with Crippen molar-refractivity contribution in [2.24, 2.45) is 22.7 Å². The van der Waals surface area contributed by atoms with Gasteiger partial charge in [-0.15, -0.1) is 0 Å². The Labute approximate surface area is 98.4 Å². The largest absolute Gasteiger partial charge is 0.388 e. The summed E-state index contributed by atoms with van der Waals surface area (Å²) in [6.45, 7) is 8.47. The van der Waals surface area contributed by atoms with E-state index in [2.05, 4.69) is 20.8 Å². The van der Waals surface area contributed by atoms with Gasteiger partial charge in [0.05, 0.1) is 12.2 Å². The van der Waals surface area contributed by atoms with Crippen molar-refractivity contribution < 1.29 is 9.84 Å². The lowest BCUT2D eigenvalue weighted by Gasteiger charge is -2.53. The lowest BCUT2D eigenvalue weighted by Crippen LogP contribution is -2.59. The van der Waals surface area contributed by atoms with Crippen LogP contribution in [0.4, 0.5) is 0 Å². The molecule has 1 N–H and O–H groups in total. The summed E-state index contributed by atoms with van der Waals surface area (Å²) in [5, 5.41) is 11.4. The molecule has 3 rings (SSSR count). The third-order valence-electron chi connectivity index (χ3n) is 6.19. The van der Waals surface area contributed by atoms with E-state index in [1.165, 1.54) is 19.3 Å². The Morgan fingerprint density at radius 2 is 1.88 bits per heavy atom. The molecule has 0 spiro atoms. The number of hydrogen-bond donors (Lipinski definition) is 1. The van der Waals surface area contributed by atoms with Crippen LogP contribution in [0.2, 0.25) is 0 Å². The maximum atomic E-state index is 11.4. The Bertz CT molecular complexity index is 299. The van der Waals surface area contributed by atoms with Gasteiger partial charge in [-0.3, -0.25) is 0 Å². The summed E-state index contributed by atoms with van der Waals surface area (Å²) in [7, 11) is 0. The fourth-order valence-electron chi connectivity index (χ4n) is 5.17. The maximum absolute atomic E-state index is 11.4. The summed E-state index contributed by atoms with van der Waals surface area (Å²) in [5.41, 5.74) is -0.294. The summed E-state index contributed by atoms with van der Waals surface area (Å²) >= 11 is 0. The van der Waals surface area contributed by atoms with Gasteiger partial charge in [0.25, 0.3) is 0 Å². The van der Waals surface area contributed by atoms with Crippen LogP contribution in [0.5, 0.6) is 0 Å². The van der Waals surface area contributed by atoms with Gasteiger partial charge in [-0.2, -0.15) is 0 Å². The Morgan fingerprint density at radius 1 is 1.12 bits per heavy atom. The van der Waals surface area contributed by atoms with Gasteiger partial charge in [0, 0.05) is 12.5 Å². The van der Waals surface area contributed by atoms with Crippen molar-refractivity contribution in [1.82, 2.24) is 0 Å². The van der Waals surface area contributed by atoms with Crippen molar-refractivity contribution >= 4 is 0 Å². The third-order valence-corrected chi connectivity index (χ3v) is 6.19. The van der Waals surface area contributed by atoms with Gasteiger partial charge in [0.1, 0.15) is 0 Å². The predicted molar refractivity (Wildman–Crippen MR) is 63.1 cm³/mol. The molecular weight excluding hydrogens is 200 g/mol. The van der Waals surface area contributed by atoms with Gasteiger partial charge >= 0.3 is 0 Å². The Kier molecular flexibility index (Phi) is 2.09. The zero-order valence-corrected chi connectivity index (χ0v) is 10.8. The topological polar surface area (TPSA) is 29.5 Å². The lowest BCUT2D eigenvalue weighted by atomic mass is 9.55. The first-order valence-corrected chi connectivity index (χ1v) is 6.72. The van der Waals surface area contributed by atoms with Gasteiger partial charge < -0.3 is 9.84 Å². The van der Waals surface area contributed by atoms with Crippen LogP contribution in [0.25, 0.3) is 0 Å². The fourth-order valence-corrected chi connectivity index (χ4v) is 5.17. The molecule has 2 saturated carbocycles. The highest BCUT2D eigenvalue weighted by Crippen LogP contribution is 2.70. The highest BCUT2D eigenvalue weighted by atomic mass is 16.5. The van der Waals surface area contributed by atoms with Crippen LogP contribution in [-0.4, -0.2) is 23.9 Å². The molecule has 1 aliphatic heterocycles. The lowest BCUT2D eigenvalue weighted by molar-refractivity contribution is -0.179. The molecule has 16 heavy (non-hydrogen) atoms. The second kappa shape index (κ2) is 3.02. The van der Waals surface area contributed by atoms with E-state index < -0.39 is 5.60 Å². The molecule has 3 aliphatic rings. The first-order valence-electron chi connectivity index (χ1n) is 6.72. The molecular formula is C14H24O2. The van der Waals surface area contributed by atoms with Gasteiger partial charge in [0.15, 0.2) is 0 Å². The summed E-state index contributed by atoms with van der Waals surface area (Å²) < 4.78 is 5.52. The molecule has 0 amide bonds. The monoisotopic (exact) mass is 224 g/mol. The second-order valence-corrected chi connectivity index (χ2v) is 7.05. The highest BCUT2D eigenvalue weighted by molar-refractivity contribution is 5.20. The van der Waals surface area contributed by atoms with Crippen molar-refractivity contribution in [3.05, 3.63) is 0 Å². The van der Waals surface area contributed by atoms with E-state index in [1.54, 1.807) is 0 Å². The molecule has 2 aliphatic carbocycles. The molecule has 2 heteroatoms. The van der Waals surface area contributed by atoms with E-state index in [0.717, 1.165) is 19.6 Å². The SMILES string of the molecule is CC12CCC(C1)C(C)(C)C2(O)C1CCOC1. The smallest absolute Gasteiger partial charge is 0.0805 e. The summed E-state index contributed by atoms with van der Waals surface area (Å²) in [4.78, 5) is 0. The molecule has 2 nitrogen and oxygen atoms in total. The zero-order chi connectivity index (χ0) is 11.6. The van der Waals surface area contributed by atoms with Crippen molar-refractivity contribution in [1.29, 1.82) is 0 Å². The van der Waals surface area contributed by atoms with Gasteiger partial charge in [0.2, 0.25) is 0 Å². The molecule has 3 fully saturated rings. The van der Waals surface area contributed by atoms with Crippen molar-refractivity contribution in [2.45, 2.75) is 52.1 Å². The van der Waals surface area contributed by atoms with E-state index in [1.807, 2.05) is 0 Å². The van der Waals surface area contributed by atoms with Gasteiger partial charge in [-0.1, -0.05) is 20.8 Å². The van der Waals surface area contributed by atoms with E-state index >= 15 is 0 Å². The van der Waals surface area contributed by atoms with Crippen LogP contribution in [0.3, 0.4) is 0 Å². The molecule has 1 heterocycles. The minimum atomic E-state index is -0.501. The van der Waals surface area contributed by atoms with E-state index in [-0.39, 0.29) is 10.8 Å². The average molecular weight is 224 g/mol. The number of ether oxygens (including phenoxy) is 1. The molecule has 0 aromatic rings. The second-order valence-electron chi connectivity index (χ2n) is 7.05. The Hall–Kier alpha value is -0.0800. The van der Waals surface area contributed by atoms with Crippen LogP contribution in [-0.2, 0) is 4.74 Å². The Morgan fingerprint density at radius 3 is 2.38 bits per heavy atom. The van der Waals surface area contributed by atoms with Crippen molar-refractivity contribution in [3.8, 4) is 0 Å². The number of rotatable bonds is 1. The fraction of sp³-hybridized carbons (Fsp3) is 1.00. The zero-order valence-electron chi connectivity index (χ0n) is 10.8. The minimum absolute atomic E-state index is 0.0678. The molecule has 4 atom stereocenters. The molecule has 2 bridgehead atoms. The average Bonchev–Trinajstić information content (AvgIpc) is 2.86. The van der Waals surface area contributed by atoms with E-state index in [4.69, 9.17) is 4.74 Å². The molecule has 0 aromatic carbocycles. The first kappa shape index (κ1) is 11.0.